The Morgan fingerprint density at radius 2 is 2.00 bits per heavy atom. The molecule has 1 aromatic carbocycles. The summed E-state index contributed by atoms with van der Waals surface area (Å²) in [7, 11) is 1.90. The molecule has 0 atom stereocenters. The van der Waals surface area contributed by atoms with Gasteiger partial charge in [0.05, 0.1) is 6.61 Å². The van der Waals surface area contributed by atoms with Gasteiger partial charge in [-0.2, -0.15) is 0 Å². The smallest absolute Gasteiger partial charge is 0.147 e. The fourth-order valence-corrected chi connectivity index (χ4v) is 2.31. The maximum absolute atomic E-state index is 5.40. The molecule has 4 nitrogen and oxygen atoms in total. The Kier molecular flexibility index (Phi) is 4.06. The molecule has 1 heterocycles. The Hall–Kier alpha value is -1.46. The number of benzene rings is 1. The molecule has 17 heavy (non-hydrogen) atoms. The monoisotopic (exact) mass is 249 g/mol. The fraction of sp³-hybridized carbons (Fsp3) is 0.333. The van der Waals surface area contributed by atoms with Crippen LogP contribution >= 0.6 is 11.3 Å². The lowest BCUT2D eigenvalue weighted by Crippen LogP contribution is -2.04. The van der Waals surface area contributed by atoms with Gasteiger partial charge in [0.25, 0.3) is 0 Å². The number of rotatable bonds is 5. The van der Waals surface area contributed by atoms with E-state index in [1.807, 2.05) is 38.2 Å². The molecule has 2 rings (SSSR count). The predicted molar refractivity (Wildman–Crippen MR) is 69.3 cm³/mol. The summed E-state index contributed by atoms with van der Waals surface area (Å²) in [5.74, 6) is 0.885. The third kappa shape index (κ3) is 3.01. The molecule has 0 bridgehead atoms. The quantitative estimate of drug-likeness (QED) is 0.883. The van der Waals surface area contributed by atoms with Crippen LogP contribution in [-0.4, -0.2) is 23.9 Å². The zero-order chi connectivity index (χ0) is 12.1. The van der Waals surface area contributed by atoms with Gasteiger partial charge in [0.1, 0.15) is 15.8 Å². The highest BCUT2D eigenvalue weighted by molar-refractivity contribution is 7.14. The maximum atomic E-state index is 5.40. The van der Waals surface area contributed by atoms with Gasteiger partial charge in [-0.15, -0.1) is 10.2 Å². The number of hydrogen-bond donors (Lipinski definition) is 1. The van der Waals surface area contributed by atoms with E-state index in [0.29, 0.717) is 6.61 Å². The summed E-state index contributed by atoms with van der Waals surface area (Å²) < 4.78 is 5.40. The van der Waals surface area contributed by atoms with Crippen molar-refractivity contribution in [3.8, 4) is 16.3 Å². The van der Waals surface area contributed by atoms with Gasteiger partial charge in [-0.3, -0.25) is 0 Å². The average molecular weight is 249 g/mol. The van der Waals surface area contributed by atoms with Gasteiger partial charge in [0.2, 0.25) is 0 Å². The summed E-state index contributed by atoms with van der Waals surface area (Å²) in [5.41, 5.74) is 1.08. The van der Waals surface area contributed by atoms with Crippen LogP contribution in [0.2, 0.25) is 0 Å². The maximum Gasteiger partial charge on any atom is 0.147 e. The summed E-state index contributed by atoms with van der Waals surface area (Å²) >= 11 is 1.60. The third-order valence-electron chi connectivity index (χ3n) is 2.21. The molecule has 0 radical (unpaired) electrons. The zero-order valence-corrected chi connectivity index (χ0v) is 10.8. The standard InChI is InChI=1S/C12H15N3OS/c1-3-16-10-6-4-9(5-7-10)12-15-14-11(17-12)8-13-2/h4-7,13H,3,8H2,1-2H3. The lowest BCUT2D eigenvalue weighted by atomic mass is 10.2. The average Bonchev–Trinajstić information content (AvgIpc) is 2.80. The van der Waals surface area contributed by atoms with Crippen LogP contribution in [0.15, 0.2) is 24.3 Å². The Morgan fingerprint density at radius 3 is 2.65 bits per heavy atom. The normalized spacial score (nSPS) is 10.5. The second-order valence-electron chi connectivity index (χ2n) is 3.49. The van der Waals surface area contributed by atoms with Crippen molar-refractivity contribution in [2.45, 2.75) is 13.5 Å². The largest absolute Gasteiger partial charge is 0.494 e. The second kappa shape index (κ2) is 5.75. The molecule has 0 fully saturated rings. The summed E-state index contributed by atoms with van der Waals surface area (Å²) in [6.45, 7) is 3.42. The second-order valence-corrected chi connectivity index (χ2v) is 4.55. The molecule has 0 aliphatic rings. The molecule has 0 aliphatic carbocycles. The third-order valence-corrected chi connectivity index (χ3v) is 3.18. The van der Waals surface area contributed by atoms with E-state index in [2.05, 4.69) is 15.5 Å². The van der Waals surface area contributed by atoms with Crippen LogP contribution in [0.3, 0.4) is 0 Å². The first-order valence-corrected chi connectivity index (χ1v) is 6.35. The fourth-order valence-electron chi connectivity index (χ4n) is 1.45. The lowest BCUT2D eigenvalue weighted by Gasteiger charge is -2.02. The molecule has 0 saturated carbocycles. The van der Waals surface area contributed by atoms with E-state index >= 15 is 0 Å². The van der Waals surface area contributed by atoms with Crippen molar-refractivity contribution in [1.29, 1.82) is 0 Å². The molecule has 90 valence electrons. The van der Waals surface area contributed by atoms with Crippen molar-refractivity contribution in [3.05, 3.63) is 29.3 Å². The molecular weight excluding hydrogens is 234 g/mol. The van der Waals surface area contributed by atoms with Crippen molar-refractivity contribution in [2.24, 2.45) is 0 Å². The minimum absolute atomic E-state index is 0.685. The summed E-state index contributed by atoms with van der Waals surface area (Å²) in [5, 5.41) is 13.3. The lowest BCUT2D eigenvalue weighted by molar-refractivity contribution is 0.340. The van der Waals surface area contributed by atoms with Crippen LogP contribution in [0.5, 0.6) is 5.75 Å². The first kappa shape index (κ1) is 12.0. The van der Waals surface area contributed by atoms with Crippen LogP contribution in [0.1, 0.15) is 11.9 Å². The molecule has 0 spiro atoms. The molecule has 5 heteroatoms. The topological polar surface area (TPSA) is 47.0 Å². The SMILES string of the molecule is CCOc1ccc(-c2nnc(CNC)s2)cc1. The molecule has 0 saturated heterocycles. The Morgan fingerprint density at radius 1 is 1.24 bits per heavy atom. The summed E-state index contributed by atoms with van der Waals surface area (Å²) in [4.78, 5) is 0. The number of nitrogens with zero attached hydrogens (tertiary/aromatic N) is 2. The highest BCUT2D eigenvalue weighted by atomic mass is 32.1. The Bertz CT molecular complexity index is 467. The molecule has 0 unspecified atom stereocenters. The predicted octanol–water partition coefficient (Wildman–Crippen LogP) is 2.32. The van der Waals surface area contributed by atoms with Crippen LogP contribution in [-0.2, 0) is 6.54 Å². The first-order valence-electron chi connectivity index (χ1n) is 5.53. The van der Waals surface area contributed by atoms with Crippen LogP contribution in [0.25, 0.3) is 10.6 Å². The highest BCUT2D eigenvalue weighted by Crippen LogP contribution is 2.25. The Balaban J connectivity index is 2.15. The number of hydrogen-bond acceptors (Lipinski definition) is 5. The van der Waals surface area contributed by atoms with E-state index in [9.17, 15) is 0 Å². The highest BCUT2D eigenvalue weighted by Gasteiger charge is 2.05. The Labute approximate surface area is 105 Å². The molecular formula is C12H15N3OS. The van der Waals surface area contributed by atoms with Crippen molar-refractivity contribution in [1.82, 2.24) is 15.5 Å². The number of nitrogens with one attached hydrogen (secondary N) is 1. The van der Waals surface area contributed by atoms with Crippen molar-refractivity contribution < 1.29 is 4.74 Å². The van der Waals surface area contributed by atoms with E-state index < -0.39 is 0 Å². The molecule has 0 amide bonds. The van der Waals surface area contributed by atoms with E-state index in [1.54, 1.807) is 11.3 Å². The van der Waals surface area contributed by atoms with Gasteiger partial charge >= 0.3 is 0 Å². The summed E-state index contributed by atoms with van der Waals surface area (Å²) in [6.07, 6.45) is 0. The zero-order valence-electron chi connectivity index (χ0n) is 9.93. The molecule has 1 N–H and O–H groups in total. The first-order chi connectivity index (χ1) is 8.33. The van der Waals surface area contributed by atoms with Gasteiger partial charge in [-0.25, -0.2) is 0 Å². The van der Waals surface area contributed by atoms with Crippen molar-refractivity contribution in [3.63, 3.8) is 0 Å². The van der Waals surface area contributed by atoms with Gasteiger partial charge in [0.15, 0.2) is 0 Å². The molecule has 2 aromatic rings. The molecule has 0 aliphatic heterocycles. The minimum Gasteiger partial charge on any atom is -0.494 e. The van der Waals surface area contributed by atoms with E-state index in [1.165, 1.54) is 0 Å². The van der Waals surface area contributed by atoms with Crippen LogP contribution < -0.4 is 10.1 Å². The van der Waals surface area contributed by atoms with Gasteiger partial charge < -0.3 is 10.1 Å². The minimum atomic E-state index is 0.685. The van der Waals surface area contributed by atoms with Crippen molar-refractivity contribution in [2.75, 3.05) is 13.7 Å². The van der Waals surface area contributed by atoms with Gasteiger partial charge in [0, 0.05) is 12.1 Å². The summed E-state index contributed by atoms with van der Waals surface area (Å²) in [6, 6.07) is 7.93. The van der Waals surface area contributed by atoms with Crippen LogP contribution in [0.4, 0.5) is 0 Å². The molecule has 1 aromatic heterocycles. The van der Waals surface area contributed by atoms with E-state index in [4.69, 9.17) is 4.74 Å². The van der Waals surface area contributed by atoms with Gasteiger partial charge in [-0.1, -0.05) is 11.3 Å². The van der Waals surface area contributed by atoms with Crippen molar-refractivity contribution >= 4 is 11.3 Å². The van der Waals surface area contributed by atoms with E-state index in [0.717, 1.165) is 27.9 Å². The van der Waals surface area contributed by atoms with Gasteiger partial charge in [-0.05, 0) is 38.2 Å². The number of ether oxygens (including phenoxy) is 1. The number of aromatic nitrogens is 2. The van der Waals surface area contributed by atoms with E-state index in [-0.39, 0.29) is 0 Å². The van der Waals surface area contributed by atoms with Crippen LogP contribution in [0, 0.1) is 0 Å².